The smallest absolute Gasteiger partial charge is 0.274 e. The van der Waals surface area contributed by atoms with E-state index in [0.717, 1.165) is 6.42 Å². The van der Waals surface area contributed by atoms with Gasteiger partial charge in [0, 0.05) is 32.0 Å². The molecule has 2 saturated heterocycles. The third kappa shape index (κ3) is 4.25. The minimum Gasteiger partial charge on any atom is -0.354 e. The molecule has 0 radical (unpaired) electrons. The number of hydrogen-bond donors (Lipinski definition) is 3. The van der Waals surface area contributed by atoms with Gasteiger partial charge in [0.25, 0.3) is 5.91 Å². The van der Waals surface area contributed by atoms with Crippen molar-refractivity contribution in [2.75, 3.05) is 32.7 Å². The lowest BCUT2D eigenvalue weighted by molar-refractivity contribution is -0.138. The van der Waals surface area contributed by atoms with E-state index in [0.29, 0.717) is 13.0 Å². The topological polar surface area (TPSA) is 151 Å². The van der Waals surface area contributed by atoms with Crippen LogP contribution >= 0.6 is 0 Å². The molecule has 0 aliphatic carbocycles. The summed E-state index contributed by atoms with van der Waals surface area (Å²) in [6, 6.07) is -1.61. The Kier molecular flexibility index (Phi) is 6.14. The molecule has 0 saturated carbocycles. The zero-order valence-corrected chi connectivity index (χ0v) is 15.3. The average Bonchev–Trinajstić information content (AvgIpc) is 2.74. The van der Waals surface area contributed by atoms with Crippen LogP contribution < -0.4 is 16.4 Å². The van der Waals surface area contributed by atoms with Crippen molar-refractivity contribution in [3.8, 4) is 0 Å². The highest BCUT2D eigenvalue weighted by Crippen LogP contribution is 2.15. The van der Waals surface area contributed by atoms with Gasteiger partial charge in [-0.1, -0.05) is 0 Å². The van der Waals surface area contributed by atoms with Gasteiger partial charge in [0.2, 0.25) is 17.7 Å². The standard InChI is InChI=1S/C17H23N7O4/c18-8-14(25)23-6-7-24(17(28)12-9-19-4-5-20-12)13(10-23)16(27)22-11-2-1-3-21-15(11)26/h4-5,9,11,13H,1-3,6-8,10,18H2,(H,21,26)(H,22,27)/t11-,13-/m0/s1. The van der Waals surface area contributed by atoms with Crippen LogP contribution in [0.4, 0.5) is 0 Å². The molecule has 2 atom stereocenters. The molecule has 4 N–H and O–H groups in total. The van der Waals surface area contributed by atoms with Crippen molar-refractivity contribution < 1.29 is 19.2 Å². The summed E-state index contributed by atoms with van der Waals surface area (Å²) >= 11 is 0. The van der Waals surface area contributed by atoms with E-state index in [1.54, 1.807) is 0 Å². The number of nitrogens with zero attached hydrogens (tertiary/aromatic N) is 4. The van der Waals surface area contributed by atoms with Gasteiger partial charge < -0.3 is 26.2 Å². The predicted octanol–water partition coefficient (Wildman–Crippen LogP) is -2.52. The largest absolute Gasteiger partial charge is 0.354 e. The second-order valence-electron chi connectivity index (χ2n) is 6.64. The number of nitrogens with one attached hydrogen (secondary N) is 2. The molecule has 28 heavy (non-hydrogen) atoms. The zero-order chi connectivity index (χ0) is 20.1. The van der Waals surface area contributed by atoms with E-state index in [1.165, 1.54) is 28.4 Å². The van der Waals surface area contributed by atoms with E-state index < -0.39 is 23.9 Å². The number of nitrogens with two attached hydrogens (primary N) is 1. The zero-order valence-electron chi connectivity index (χ0n) is 15.3. The van der Waals surface area contributed by atoms with Crippen molar-refractivity contribution in [1.82, 2.24) is 30.4 Å². The Morgan fingerprint density at radius 1 is 1.29 bits per heavy atom. The first-order valence-corrected chi connectivity index (χ1v) is 9.14. The van der Waals surface area contributed by atoms with Crippen molar-refractivity contribution >= 4 is 23.6 Å². The number of amides is 4. The van der Waals surface area contributed by atoms with Gasteiger partial charge in [-0.15, -0.1) is 0 Å². The van der Waals surface area contributed by atoms with Gasteiger partial charge in [0.1, 0.15) is 17.8 Å². The predicted molar refractivity (Wildman–Crippen MR) is 96.7 cm³/mol. The van der Waals surface area contributed by atoms with E-state index in [-0.39, 0.29) is 43.7 Å². The molecule has 2 fully saturated rings. The lowest BCUT2D eigenvalue weighted by Gasteiger charge is -2.40. The molecule has 2 aliphatic rings. The van der Waals surface area contributed by atoms with Gasteiger partial charge in [-0.25, -0.2) is 4.98 Å². The summed E-state index contributed by atoms with van der Waals surface area (Å²) in [5, 5.41) is 5.40. The summed E-state index contributed by atoms with van der Waals surface area (Å²) in [7, 11) is 0. The summed E-state index contributed by atoms with van der Waals surface area (Å²) in [6.45, 7) is 0.802. The van der Waals surface area contributed by atoms with Crippen LogP contribution in [0.3, 0.4) is 0 Å². The van der Waals surface area contributed by atoms with E-state index in [1.807, 2.05) is 0 Å². The molecule has 0 aromatic carbocycles. The number of hydrogen-bond acceptors (Lipinski definition) is 7. The molecule has 1 aromatic rings. The van der Waals surface area contributed by atoms with Crippen LogP contribution in [0.15, 0.2) is 18.6 Å². The molecule has 150 valence electrons. The van der Waals surface area contributed by atoms with Crippen molar-refractivity contribution in [3.05, 3.63) is 24.3 Å². The molecular weight excluding hydrogens is 366 g/mol. The third-order valence-corrected chi connectivity index (χ3v) is 4.86. The molecule has 0 spiro atoms. The maximum absolute atomic E-state index is 12.9. The van der Waals surface area contributed by atoms with Gasteiger partial charge in [-0.3, -0.25) is 24.2 Å². The fraction of sp³-hybridized carbons (Fsp3) is 0.529. The Labute approximate surface area is 161 Å². The monoisotopic (exact) mass is 389 g/mol. The van der Waals surface area contributed by atoms with Crippen LogP contribution in [-0.2, 0) is 14.4 Å². The Morgan fingerprint density at radius 2 is 2.11 bits per heavy atom. The van der Waals surface area contributed by atoms with Crippen LogP contribution in [0.2, 0.25) is 0 Å². The summed E-state index contributed by atoms with van der Waals surface area (Å²) < 4.78 is 0. The van der Waals surface area contributed by atoms with Crippen molar-refractivity contribution in [1.29, 1.82) is 0 Å². The first-order chi connectivity index (χ1) is 13.5. The number of carbonyl (C=O) groups excluding carboxylic acids is 4. The van der Waals surface area contributed by atoms with Crippen LogP contribution in [-0.4, -0.2) is 88.2 Å². The van der Waals surface area contributed by atoms with E-state index in [2.05, 4.69) is 20.6 Å². The Morgan fingerprint density at radius 3 is 2.79 bits per heavy atom. The van der Waals surface area contributed by atoms with Crippen molar-refractivity contribution in [2.24, 2.45) is 5.73 Å². The third-order valence-electron chi connectivity index (χ3n) is 4.86. The van der Waals surface area contributed by atoms with Gasteiger partial charge in [0.05, 0.1) is 19.3 Å². The van der Waals surface area contributed by atoms with E-state index >= 15 is 0 Å². The van der Waals surface area contributed by atoms with Crippen LogP contribution in [0.5, 0.6) is 0 Å². The summed E-state index contributed by atoms with van der Waals surface area (Å²) in [6.07, 6.45) is 5.43. The van der Waals surface area contributed by atoms with Crippen LogP contribution in [0, 0.1) is 0 Å². The first kappa shape index (κ1) is 19.7. The number of piperazine rings is 1. The fourth-order valence-electron chi connectivity index (χ4n) is 3.34. The second kappa shape index (κ2) is 8.74. The maximum Gasteiger partial charge on any atom is 0.274 e. The Balaban J connectivity index is 1.79. The molecule has 11 heteroatoms. The molecule has 3 heterocycles. The van der Waals surface area contributed by atoms with Crippen molar-refractivity contribution in [2.45, 2.75) is 24.9 Å². The van der Waals surface area contributed by atoms with Crippen LogP contribution in [0.1, 0.15) is 23.3 Å². The van der Waals surface area contributed by atoms with Gasteiger partial charge in [0.15, 0.2) is 0 Å². The average molecular weight is 389 g/mol. The van der Waals surface area contributed by atoms with Gasteiger partial charge >= 0.3 is 0 Å². The SMILES string of the molecule is NCC(=O)N1CCN(C(=O)c2cnccn2)[C@H](C(=O)N[C@H]2CCCNC2=O)C1. The Hall–Kier alpha value is -3.08. The van der Waals surface area contributed by atoms with Crippen molar-refractivity contribution in [3.63, 3.8) is 0 Å². The van der Waals surface area contributed by atoms with Gasteiger partial charge in [-0.2, -0.15) is 0 Å². The van der Waals surface area contributed by atoms with Gasteiger partial charge in [-0.05, 0) is 12.8 Å². The normalized spacial score (nSPS) is 22.4. The maximum atomic E-state index is 12.9. The molecule has 3 rings (SSSR count). The highest BCUT2D eigenvalue weighted by atomic mass is 16.2. The quantitative estimate of drug-likeness (QED) is 0.514. The molecular formula is C17H23N7O4. The number of aromatic nitrogens is 2. The Bertz CT molecular complexity index is 757. The molecule has 0 unspecified atom stereocenters. The number of carbonyl (C=O) groups is 4. The second-order valence-corrected chi connectivity index (χ2v) is 6.64. The van der Waals surface area contributed by atoms with E-state index in [4.69, 9.17) is 5.73 Å². The first-order valence-electron chi connectivity index (χ1n) is 9.14. The minimum absolute atomic E-state index is 0.00219. The summed E-state index contributed by atoms with van der Waals surface area (Å²) in [5.74, 6) is -1.51. The molecule has 2 aliphatic heterocycles. The summed E-state index contributed by atoms with van der Waals surface area (Å²) in [5.41, 5.74) is 5.54. The molecule has 0 bridgehead atoms. The van der Waals surface area contributed by atoms with E-state index in [9.17, 15) is 19.2 Å². The summed E-state index contributed by atoms with van der Waals surface area (Å²) in [4.78, 5) is 60.4. The lowest BCUT2D eigenvalue weighted by Crippen LogP contribution is -2.64. The number of piperidine rings is 1. The fourth-order valence-corrected chi connectivity index (χ4v) is 3.34. The lowest BCUT2D eigenvalue weighted by atomic mass is 10.0. The van der Waals surface area contributed by atoms with Crippen LogP contribution in [0.25, 0.3) is 0 Å². The molecule has 4 amide bonds. The molecule has 1 aromatic heterocycles. The number of rotatable bonds is 4. The minimum atomic E-state index is -0.950. The molecule has 11 nitrogen and oxygen atoms in total. The highest BCUT2D eigenvalue weighted by Gasteiger charge is 2.39. The highest BCUT2D eigenvalue weighted by molar-refractivity contribution is 5.97.